The predicted molar refractivity (Wildman–Crippen MR) is 85.3 cm³/mol. The molecule has 0 aromatic carbocycles. The number of halogens is 2. The third-order valence-electron chi connectivity index (χ3n) is 4.85. The van der Waals surface area contributed by atoms with Gasteiger partial charge in [0.15, 0.2) is 0 Å². The lowest BCUT2D eigenvalue weighted by Crippen LogP contribution is -2.39. The number of nitrogens with zero attached hydrogens (tertiary/aromatic N) is 3. The highest BCUT2D eigenvalue weighted by Crippen LogP contribution is 2.41. The maximum atomic E-state index is 6.28. The first-order chi connectivity index (χ1) is 9.60. The van der Waals surface area contributed by atoms with Gasteiger partial charge in [-0.2, -0.15) is 0 Å². The summed E-state index contributed by atoms with van der Waals surface area (Å²) < 4.78 is 0.876. The Morgan fingerprint density at radius 2 is 1.90 bits per heavy atom. The molecule has 0 spiro atoms. The zero-order valence-corrected chi connectivity index (χ0v) is 14.4. The van der Waals surface area contributed by atoms with Crippen LogP contribution in [0.2, 0.25) is 5.15 Å². The fourth-order valence-corrected chi connectivity index (χ4v) is 4.26. The van der Waals surface area contributed by atoms with Crippen LogP contribution in [0.15, 0.2) is 4.47 Å². The third kappa shape index (κ3) is 2.62. The van der Waals surface area contributed by atoms with E-state index in [2.05, 4.69) is 39.8 Å². The van der Waals surface area contributed by atoms with E-state index >= 15 is 0 Å². The SMILES string of the molecule is CCCc1nc(C2CC3CCC(C2)N3C)nc(Cl)c1Br. The van der Waals surface area contributed by atoms with Crippen molar-refractivity contribution in [2.75, 3.05) is 7.05 Å². The van der Waals surface area contributed by atoms with Crippen molar-refractivity contribution in [3.63, 3.8) is 0 Å². The Morgan fingerprint density at radius 1 is 1.25 bits per heavy atom. The molecule has 3 nitrogen and oxygen atoms in total. The van der Waals surface area contributed by atoms with E-state index in [-0.39, 0.29) is 0 Å². The molecule has 2 bridgehead atoms. The number of rotatable bonds is 3. The molecule has 0 radical (unpaired) electrons. The van der Waals surface area contributed by atoms with Gasteiger partial charge in [0.2, 0.25) is 0 Å². The number of piperidine rings is 1. The lowest BCUT2D eigenvalue weighted by atomic mass is 9.90. The van der Waals surface area contributed by atoms with E-state index in [0.717, 1.165) is 28.8 Å². The van der Waals surface area contributed by atoms with E-state index < -0.39 is 0 Å². The van der Waals surface area contributed by atoms with Crippen molar-refractivity contribution in [1.29, 1.82) is 0 Å². The third-order valence-corrected chi connectivity index (χ3v) is 6.18. The fraction of sp³-hybridized carbons (Fsp3) is 0.733. The summed E-state index contributed by atoms with van der Waals surface area (Å²) in [7, 11) is 2.26. The highest BCUT2D eigenvalue weighted by molar-refractivity contribution is 9.10. The van der Waals surface area contributed by atoms with Crippen LogP contribution in [0.3, 0.4) is 0 Å². The van der Waals surface area contributed by atoms with Crippen molar-refractivity contribution in [2.24, 2.45) is 0 Å². The molecule has 2 atom stereocenters. The van der Waals surface area contributed by atoms with Crippen LogP contribution < -0.4 is 0 Å². The van der Waals surface area contributed by atoms with Crippen LogP contribution >= 0.6 is 27.5 Å². The molecule has 2 aliphatic heterocycles. The molecule has 0 amide bonds. The normalized spacial score (nSPS) is 29.9. The van der Waals surface area contributed by atoms with Crippen molar-refractivity contribution in [3.8, 4) is 0 Å². The molecule has 1 aromatic rings. The molecule has 2 aliphatic rings. The Labute approximate surface area is 134 Å². The van der Waals surface area contributed by atoms with Crippen molar-refractivity contribution in [3.05, 3.63) is 21.1 Å². The quantitative estimate of drug-likeness (QED) is 0.759. The van der Waals surface area contributed by atoms with Gasteiger partial charge in [-0.05, 0) is 55.1 Å². The average molecular weight is 359 g/mol. The molecule has 1 aromatic heterocycles. The molecule has 20 heavy (non-hydrogen) atoms. The summed E-state index contributed by atoms with van der Waals surface area (Å²) in [6.07, 6.45) is 7.03. The van der Waals surface area contributed by atoms with Gasteiger partial charge in [-0.3, -0.25) is 0 Å². The predicted octanol–water partition coefficient (Wildman–Crippen LogP) is 4.19. The molecular formula is C15H21BrClN3. The highest BCUT2D eigenvalue weighted by atomic mass is 79.9. The number of hydrogen-bond donors (Lipinski definition) is 0. The molecule has 0 aliphatic carbocycles. The van der Waals surface area contributed by atoms with Crippen LogP contribution in [0.5, 0.6) is 0 Å². The minimum Gasteiger partial charge on any atom is -0.300 e. The van der Waals surface area contributed by atoms with Crippen molar-refractivity contribution < 1.29 is 0 Å². The van der Waals surface area contributed by atoms with E-state index in [1.165, 1.54) is 25.7 Å². The Bertz CT molecular complexity index is 494. The smallest absolute Gasteiger partial charge is 0.147 e. The Balaban J connectivity index is 1.87. The summed E-state index contributed by atoms with van der Waals surface area (Å²) in [5.41, 5.74) is 1.06. The second kappa shape index (κ2) is 5.90. The first-order valence-corrected chi connectivity index (χ1v) is 8.71. The largest absolute Gasteiger partial charge is 0.300 e. The van der Waals surface area contributed by atoms with Gasteiger partial charge in [0, 0.05) is 18.0 Å². The molecule has 2 saturated heterocycles. The van der Waals surface area contributed by atoms with Gasteiger partial charge < -0.3 is 4.90 Å². The number of aromatic nitrogens is 2. The monoisotopic (exact) mass is 357 g/mol. The van der Waals surface area contributed by atoms with Gasteiger partial charge in [-0.25, -0.2) is 9.97 Å². The van der Waals surface area contributed by atoms with Gasteiger partial charge in [-0.15, -0.1) is 0 Å². The summed E-state index contributed by atoms with van der Waals surface area (Å²) in [4.78, 5) is 11.9. The van der Waals surface area contributed by atoms with E-state index in [4.69, 9.17) is 16.6 Å². The van der Waals surface area contributed by atoms with Gasteiger partial charge >= 0.3 is 0 Å². The van der Waals surface area contributed by atoms with Crippen LogP contribution in [-0.2, 0) is 6.42 Å². The second-order valence-electron chi connectivity index (χ2n) is 6.10. The average Bonchev–Trinajstić information content (AvgIpc) is 2.66. The first-order valence-electron chi connectivity index (χ1n) is 7.53. The van der Waals surface area contributed by atoms with Gasteiger partial charge in [0.1, 0.15) is 11.0 Å². The maximum absolute atomic E-state index is 6.28. The maximum Gasteiger partial charge on any atom is 0.147 e. The summed E-state index contributed by atoms with van der Waals surface area (Å²) in [6, 6.07) is 1.42. The lowest BCUT2D eigenvalue weighted by Gasteiger charge is -2.35. The molecule has 0 N–H and O–H groups in total. The Hall–Kier alpha value is -0.190. The first kappa shape index (κ1) is 14.7. The highest BCUT2D eigenvalue weighted by Gasteiger charge is 2.40. The fourth-order valence-electron chi connectivity index (χ4n) is 3.69. The van der Waals surface area contributed by atoms with E-state index in [0.29, 0.717) is 23.2 Å². The van der Waals surface area contributed by atoms with Crippen molar-refractivity contribution >= 4 is 27.5 Å². The summed E-state index contributed by atoms with van der Waals surface area (Å²) in [5.74, 6) is 1.44. The second-order valence-corrected chi connectivity index (χ2v) is 7.25. The van der Waals surface area contributed by atoms with Crippen molar-refractivity contribution in [2.45, 2.75) is 63.5 Å². The molecule has 0 saturated carbocycles. The lowest BCUT2D eigenvalue weighted by molar-refractivity contribution is 0.158. The standard InChI is InChI=1S/C15H21BrClN3/c1-3-4-12-13(16)14(17)19-15(18-12)9-7-10-5-6-11(8-9)20(10)2/h9-11H,3-8H2,1-2H3. The molecule has 2 unspecified atom stereocenters. The molecule has 110 valence electrons. The van der Waals surface area contributed by atoms with Gasteiger partial charge in [0.25, 0.3) is 0 Å². The number of fused-ring (bicyclic) bond motifs is 2. The Morgan fingerprint density at radius 3 is 2.50 bits per heavy atom. The topological polar surface area (TPSA) is 29.0 Å². The van der Waals surface area contributed by atoms with E-state index in [1.807, 2.05) is 0 Å². The summed E-state index contributed by atoms with van der Waals surface area (Å²) >= 11 is 9.80. The number of hydrogen-bond acceptors (Lipinski definition) is 3. The van der Waals surface area contributed by atoms with Crippen LogP contribution in [0.25, 0.3) is 0 Å². The van der Waals surface area contributed by atoms with Crippen LogP contribution in [0.1, 0.15) is 56.5 Å². The van der Waals surface area contributed by atoms with Gasteiger partial charge in [-0.1, -0.05) is 24.9 Å². The Kier molecular flexibility index (Phi) is 4.34. The summed E-state index contributed by atoms with van der Waals surface area (Å²) in [6.45, 7) is 2.16. The van der Waals surface area contributed by atoms with Crippen molar-refractivity contribution in [1.82, 2.24) is 14.9 Å². The number of aryl methyl sites for hydroxylation is 1. The zero-order chi connectivity index (χ0) is 14.3. The van der Waals surface area contributed by atoms with Crippen LogP contribution in [-0.4, -0.2) is 34.0 Å². The van der Waals surface area contributed by atoms with Crippen LogP contribution in [0.4, 0.5) is 0 Å². The van der Waals surface area contributed by atoms with E-state index in [9.17, 15) is 0 Å². The van der Waals surface area contributed by atoms with Crippen LogP contribution in [0, 0.1) is 0 Å². The molecular weight excluding hydrogens is 338 g/mol. The van der Waals surface area contributed by atoms with E-state index in [1.54, 1.807) is 0 Å². The molecule has 3 rings (SSSR count). The molecule has 5 heteroatoms. The minimum absolute atomic E-state index is 0.477. The van der Waals surface area contributed by atoms with Gasteiger partial charge in [0.05, 0.1) is 10.2 Å². The molecule has 3 heterocycles. The minimum atomic E-state index is 0.477. The molecule has 2 fully saturated rings. The zero-order valence-electron chi connectivity index (χ0n) is 12.1. The summed E-state index contributed by atoms with van der Waals surface area (Å²) in [5, 5.41) is 0.574.